The van der Waals surface area contributed by atoms with Crippen molar-refractivity contribution in [1.82, 2.24) is 0 Å². The Labute approximate surface area is 64.5 Å². The van der Waals surface area contributed by atoms with E-state index in [-0.39, 0.29) is 11.0 Å². The summed E-state index contributed by atoms with van der Waals surface area (Å²) in [5.74, 6) is 0.150. The van der Waals surface area contributed by atoms with Crippen LogP contribution in [-0.4, -0.2) is 11.0 Å². The smallest absolute Gasteiger partial charge is 0.227 e. The Hall–Kier alpha value is -0.370. The molecule has 0 N–H and O–H groups in total. The topological polar surface area (TPSA) is 34.1 Å². The minimum atomic E-state index is -0.557. The largest absolute Gasteiger partial charge is 0.300 e. The lowest BCUT2D eigenvalue weighted by atomic mass is 9.91. The lowest BCUT2D eigenvalue weighted by Gasteiger charge is -2.14. The highest BCUT2D eigenvalue weighted by molar-refractivity contribution is 6.64. The zero-order valence-electron chi connectivity index (χ0n) is 5.82. The summed E-state index contributed by atoms with van der Waals surface area (Å²) in [6.45, 7) is 1.74. The molecule has 1 aliphatic carbocycles. The van der Waals surface area contributed by atoms with E-state index >= 15 is 0 Å². The Morgan fingerprint density at radius 1 is 1.70 bits per heavy atom. The highest BCUT2D eigenvalue weighted by atomic mass is 35.5. The maximum atomic E-state index is 10.8. The Balaban J connectivity index is 2.72. The van der Waals surface area contributed by atoms with E-state index in [1.54, 1.807) is 6.92 Å². The van der Waals surface area contributed by atoms with Crippen molar-refractivity contribution in [2.45, 2.75) is 26.2 Å². The number of Topliss-reactive ketones (excluding diaryl/α,β-unsaturated/α-hetero) is 1. The molecule has 0 spiro atoms. The van der Waals surface area contributed by atoms with Crippen LogP contribution in [-0.2, 0) is 9.59 Å². The van der Waals surface area contributed by atoms with Crippen molar-refractivity contribution in [3.63, 3.8) is 0 Å². The molecule has 1 atom stereocenters. The minimum absolute atomic E-state index is 0.150. The van der Waals surface area contributed by atoms with Gasteiger partial charge in [-0.15, -0.1) is 0 Å². The minimum Gasteiger partial charge on any atom is -0.300 e. The Morgan fingerprint density at radius 2 is 2.30 bits per heavy atom. The molecule has 0 aromatic rings. The molecule has 3 heteroatoms. The molecule has 1 rings (SSSR count). The molecule has 0 saturated heterocycles. The number of rotatable bonds is 1. The Kier molecular flexibility index (Phi) is 1.82. The van der Waals surface area contributed by atoms with Crippen LogP contribution in [0.1, 0.15) is 26.2 Å². The highest BCUT2D eigenvalue weighted by Crippen LogP contribution is 2.37. The molecule has 1 saturated carbocycles. The monoisotopic (exact) mass is 160 g/mol. The van der Waals surface area contributed by atoms with Crippen LogP contribution in [0.2, 0.25) is 0 Å². The van der Waals surface area contributed by atoms with Gasteiger partial charge in [0.05, 0.1) is 0 Å². The van der Waals surface area contributed by atoms with E-state index in [9.17, 15) is 9.59 Å². The van der Waals surface area contributed by atoms with Gasteiger partial charge in [-0.2, -0.15) is 0 Å². The van der Waals surface area contributed by atoms with Crippen molar-refractivity contribution >= 4 is 22.6 Å². The zero-order valence-corrected chi connectivity index (χ0v) is 6.57. The third-order valence-electron chi connectivity index (χ3n) is 2.02. The molecule has 2 nitrogen and oxygen atoms in total. The van der Waals surface area contributed by atoms with Crippen LogP contribution in [0.15, 0.2) is 0 Å². The van der Waals surface area contributed by atoms with Crippen LogP contribution in [0.5, 0.6) is 0 Å². The first-order valence-electron chi connectivity index (χ1n) is 3.26. The van der Waals surface area contributed by atoms with E-state index in [4.69, 9.17) is 11.6 Å². The van der Waals surface area contributed by atoms with Gasteiger partial charge in [-0.25, -0.2) is 0 Å². The second kappa shape index (κ2) is 2.35. The molecule has 1 unspecified atom stereocenters. The van der Waals surface area contributed by atoms with Crippen LogP contribution >= 0.6 is 11.6 Å². The molecule has 56 valence electrons. The van der Waals surface area contributed by atoms with Gasteiger partial charge in [0.1, 0.15) is 5.78 Å². The third kappa shape index (κ3) is 1.21. The summed E-state index contributed by atoms with van der Waals surface area (Å²) < 4.78 is 0. The summed E-state index contributed by atoms with van der Waals surface area (Å²) in [6, 6.07) is 0. The molecule has 0 aliphatic heterocycles. The van der Waals surface area contributed by atoms with Gasteiger partial charge >= 0.3 is 0 Å². The van der Waals surface area contributed by atoms with Gasteiger partial charge in [-0.05, 0) is 18.0 Å². The predicted octanol–water partition coefficient (Wildman–Crippen LogP) is 1.51. The molecular weight excluding hydrogens is 152 g/mol. The van der Waals surface area contributed by atoms with E-state index < -0.39 is 5.41 Å². The van der Waals surface area contributed by atoms with E-state index in [1.165, 1.54) is 0 Å². The zero-order chi connectivity index (χ0) is 7.78. The van der Waals surface area contributed by atoms with Gasteiger partial charge in [0.2, 0.25) is 5.24 Å². The first-order valence-corrected chi connectivity index (χ1v) is 3.64. The first-order chi connectivity index (χ1) is 4.54. The molecular formula is C7H9ClO2. The average molecular weight is 161 g/mol. The molecule has 0 aromatic heterocycles. The summed E-state index contributed by atoms with van der Waals surface area (Å²) in [4.78, 5) is 21.5. The van der Waals surface area contributed by atoms with Crippen LogP contribution in [0, 0.1) is 5.41 Å². The quantitative estimate of drug-likeness (QED) is 0.545. The van der Waals surface area contributed by atoms with Crippen LogP contribution in [0.3, 0.4) is 0 Å². The molecule has 0 aromatic carbocycles. The SMILES string of the molecule is CC1(C(=O)Cl)CCC(=O)C1. The van der Waals surface area contributed by atoms with E-state index in [2.05, 4.69) is 0 Å². The Morgan fingerprint density at radius 3 is 2.50 bits per heavy atom. The molecule has 0 bridgehead atoms. The van der Waals surface area contributed by atoms with E-state index in [0.29, 0.717) is 19.3 Å². The number of hydrogen-bond acceptors (Lipinski definition) is 2. The fraction of sp³-hybridized carbons (Fsp3) is 0.714. The van der Waals surface area contributed by atoms with Crippen molar-refractivity contribution in [2.24, 2.45) is 5.41 Å². The van der Waals surface area contributed by atoms with Gasteiger partial charge in [-0.3, -0.25) is 9.59 Å². The van der Waals surface area contributed by atoms with Gasteiger partial charge < -0.3 is 0 Å². The molecule has 10 heavy (non-hydrogen) atoms. The number of carbonyl (C=O) groups excluding carboxylic acids is 2. The van der Waals surface area contributed by atoms with Crippen molar-refractivity contribution in [2.75, 3.05) is 0 Å². The summed E-state index contributed by atoms with van der Waals surface area (Å²) in [5, 5.41) is -0.377. The standard InChI is InChI=1S/C7H9ClO2/c1-7(6(8)10)3-2-5(9)4-7/h2-4H2,1H3. The van der Waals surface area contributed by atoms with Gasteiger partial charge in [-0.1, -0.05) is 6.92 Å². The van der Waals surface area contributed by atoms with Gasteiger partial charge in [0.25, 0.3) is 0 Å². The second-order valence-electron chi connectivity index (χ2n) is 3.05. The Bertz CT molecular complexity index is 188. The van der Waals surface area contributed by atoms with Crippen LogP contribution in [0.4, 0.5) is 0 Å². The molecule has 0 radical (unpaired) electrons. The summed E-state index contributed by atoms with van der Waals surface area (Å²) in [5.41, 5.74) is -0.557. The fourth-order valence-corrected chi connectivity index (χ4v) is 1.36. The molecule has 0 heterocycles. The first kappa shape index (κ1) is 7.73. The highest BCUT2D eigenvalue weighted by Gasteiger charge is 2.39. The molecule has 1 fully saturated rings. The normalized spacial score (nSPS) is 32.8. The lowest BCUT2D eigenvalue weighted by molar-refractivity contribution is -0.123. The summed E-state index contributed by atoms with van der Waals surface area (Å²) in [6.07, 6.45) is 1.46. The second-order valence-corrected chi connectivity index (χ2v) is 3.39. The maximum Gasteiger partial charge on any atom is 0.227 e. The number of hydrogen-bond donors (Lipinski definition) is 0. The third-order valence-corrected chi connectivity index (χ3v) is 2.47. The van der Waals surface area contributed by atoms with Crippen LogP contribution in [0.25, 0.3) is 0 Å². The van der Waals surface area contributed by atoms with Crippen LogP contribution < -0.4 is 0 Å². The number of ketones is 1. The van der Waals surface area contributed by atoms with E-state index in [1.807, 2.05) is 0 Å². The number of halogens is 1. The number of carbonyl (C=O) groups is 2. The lowest BCUT2D eigenvalue weighted by Crippen LogP contribution is -2.19. The van der Waals surface area contributed by atoms with Crippen molar-refractivity contribution in [3.05, 3.63) is 0 Å². The average Bonchev–Trinajstić information content (AvgIpc) is 2.13. The maximum absolute atomic E-state index is 10.8. The van der Waals surface area contributed by atoms with Crippen molar-refractivity contribution < 1.29 is 9.59 Å². The molecule has 0 amide bonds. The van der Waals surface area contributed by atoms with Gasteiger partial charge in [0, 0.05) is 18.3 Å². The summed E-state index contributed by atoms with van der Waals surface area (Å²) >= 11 is 5.30. The van der Waals surface area contributed by atoms with E-state index in [0.717, 1.165) is 0 Å². The predicted molar refractivity (Wildman–Crippen MR) is 37.8 cm³/mol. The van der Waals surface area contributed by atoms with Gasteiger partial charge in [0.15, 0.2) is 0 Å². The van der Waals surface area contributed by atoms with Crippen molar-refractivity contribution in [1.29, 1.82) is 0 Å². The van der Waals surface area contributed by atoms with Crippen molar-refractivity contribution in [3.8, 4) is 0 Å². The molecule has 1 aliphatic rings. The summed E-state index contributed by atoms with van der Waals surface area (Å²) in [7, 11) is 0. The fourth-order valence-electron chi connectivity index (χ4n) is 1.20.